The maximum absolute atomic E-state index is 13.8. The maximum atomic E-state index is 13.8. The molecule has 1 aromatic rings. The van der Waals surface area contributed by atoms with Gasteiger partial charge in [-0.05, 0) is 58.2 Å². The van der Waals surface area contributed by atoms with E-state index in [0.717, 1.165) is 0 Å². The molecule has 8 amide bonds. The third kappa shape index (κ3) is 17.5. The van der Waals surface area contributed by atoms with E-state index in [9.17, 15) is 57.8 Å². The minimum absolute atomic E-state index is 0.0320. The molecular formula is C42H64N10O13. The molecule has 2 rings (SSSR count). The zero-order valence-corrected chi connectivity index (χ0v) is 37.7. The van der Waals surface area contributed by atoms with Crippen molar-refractivity contribution in [1.82, 2.24) is 42.5 Å². The molecule has 0 aliphatic carbocycles. The van der Waals surface area contributed by atoms with Crippen molar-refractivity contribution in [3.63, 3.8) is 0 Å². The number of carbonyl (C=O) groups is 11. The smallest absolute Gasteiger partial charge is 0.329 e. The highest BCUT2D eigenvalue weighted by atomic mass is 16.5. The molecule has 1 aromatic carbocycles. The molecule has 0 saturated carbocycles. The minimum atomic E-state index is -1.70. The quantitative estimate of drug-likeness (QED) is 0.0688. The predicted molar refractivity (Wildman–Crippen MR) is 232 cm³/mol. The van der Waals surface area contributed by atoms with Crippen LogP contribution in [-0.2, 0) is 52.7 Å². The van der Waals surface area contributed by atoms with Crippen LogP contribution in [0.4, 0.5) is 5.69 Å². The Balaban J connectivity index is 2.47. The molecule has 1 fully saturated rings. The van der Waals surface area contributed by atoms with Crippen LogP contribution in [-0.4, -0.2) is 138 Å². The highest BCUT2D eigenvalue weighted by Crippen LogP contribution is 2.17. The van der Waals surface area contributed by atoms with Crippen LogP contribution in [0, 0.1) is 17.8 Å². The van der Waals surface area contributed by atoms with Gasteiger partial charge >= 0.3 is 5.97 Å². The summed E-state index contributed by atoms with van der Waals surface area (Å²) in [4.78, 5) is 145. The first-order valence-corrected chi connectivity index (χ1v) is 21.3. The van der Waals surface area contributed by atoms with Gasteiger partial charge in [0, 0.05) is 30.0 Å². The highest BCUT2D eigenvalue weighted by molar-refractivity contribution is 6.04. The lowest BCUT2D eigenvalue weighted by Gasteiger charge is -2.27. The number of ether oxygens (including phenoxy) is 1. The molecule has 0 aromatic heterocycles. The van der Waals surface area contributed by atoms with Crippen LogP contribution < -0.4 is 54.0 Å². The van der Waals surface area contributed by atoms with Crippen LogP contribution in [0.3, 0.4) is 0 Å². The van der Waals surface area contributed by atoms with E-state index < -0.39 is 151 Å². The monoisotopic (exact) mass is 916 g/mol. The fourth-order valence-corrected chi connectivity index (χ4v) is 6.20. The van der Waals surface area contributed by atoms with Gasteiger partial charge in [0.05, 0.1) is 31.7 Å². The van der Waals surface area contributed by atoms with Crippen molar-refractivity contribution in [2.75, 3.05) is 32.0 Å². The van der Waals surface area contributed by atoms with Crippen molar-refractivity contribution >= 4 is 70.5 Å². The number of ketones is 2. The Morgan fingerprint density at radius 3 is 1.86 bits per heavy atom. The number of hydrogen-bond donors (Lipinski definition) is 11. The van der Waals surface area contributed by atoms with Gasteiger partial charge < -0.3 is 63.8 Å². The normalized spacial score (nSPS) is 27.3. The Hall–Kier alpha value is -6.49. The Bertz CT molecular complexity index is 1930. The molecular weight excluding hydrogens is 853 g/mol. The lowest BCUT2D eigenvalue weighted by atomic mass is 9.96. The molecule has 0 bridgehead atoms. The van der Waals surface area contributed by atoms with E-state index in [-0.39, 0.29) is 30.6 Å². The van der Waals surface area contributed by atoms with Crippen molar-refractivity contribution in [2.24, 2.45) is 23.5 Å². The fraction of sp³-hybridized carbons (Fsp3) is 0.595. The van der Waals surface area contributed by atoms with Crippen molar-refractivity contribution in [3.8, 4) is 0 Å². The van der Waals surface area contributed by atoms with Crippen LogP contribution in [0.1, 0.15) is 84.5 Å². The number of aliphatic hydroxyl groups is 1. The van der Waals surface area contributed by atoms with Gasteiger partial charge in [-0.2, -0.15) is 0 Å². The second-order valence-corrected chi connectivity index (χ2v) is 16.3. The maximum Gasteiger partial charge on any atom is 0.329 e. The van der Waals surface area contributed by atoms with Crippen molar-refractivity contribution in [2.45, 2.75) is 117 Å². The van der Waals surface area contributed by atoms with Crippen molar-refractivity contribution in [3.05, 3.63) is 29.8 Å². The standard InChI is InChI=1S/C42H64N10O13/c1-20(2)35-41(63)51-29(16-31(54)26-11-8-9-12-27(26)44)42(64)65-25(7)22(4)37(59)45-17-33(56)49-28(13-10-14-43)32(55)15-21(3)36(58)47-24(6)39(61)48-23(5)38(60)46-18-34(57)50-30(19-53)40(62)52-35/h8-9,11-12,20-25,28-30,35,53H,10,13-19,43-44H2,1-7H3,(H,45,59)(H,46,60)(H,47,58)(H,48,61)(H,49,56)(H,50,57)(H,51,63)(H,52,62). The highest BCUT2D eigenvalue weighted by Gasteiger charge is 2.35. The summed E-state index contributed by atoms with van der Waals surface area (Å²) < 4.78 is 5.57. The number of benzene rings is 1. The number of nitrogen functional groups attached to an aromatic ring is 1. The van der Waals surface area contributed by atoms with Crippen molar-refractivity contribution < 1.29 is 62.6 Å². The number of rotatable bonds is 8. The molecule has 1 aliphatic rings. The van der Waals surface area contributed by atoms with Gasteiger partial charge in [-0.3, -0.25) is 47.9 Å². The number of Topliss-reactive ketones (excluding diaryl/α,β-unsaturated/α-hetero) is 2. The predicted octanol–water partition coefficient (Wildman–Crippen LogP) is -3.41. The second kappa shape index (κ2) is 26.3. The lowest BCUT2D eigenvalue weighted by Crippen LogP contribution is -2.59. The molecule has 65 heavy (non-hydrogen) atoms. The number of aliphatic hydroxyl groups excluding tert-OH is 1. The first kappa shape index (κ1) is 54.6. The fourth-order valence-electron chi connectivity index (χ4n) is 6.20. The lowest BCUT2D eigenvalue weighted by molar-refractivity contribution is -0.156. The van der Waals surface area contributed by atoms with Crippen LogP contribution in [0.25, 0.3) is 0 Å². The van der Waals surface area contributed by atoms with Gasteiger partial charge in [0.1, 0.15) is 36.3 Å². The molecule has 23 heteroatoms. The topological polar surface area (TPSA) is 366 Å². The summed E-state index contributed by atoms with van der Waals surface area (Å²) in [5, 5.41) is 29.2. The zero-order chi connectivity index (χ0) is 49.1. The molecule has 1 saturated heterocycles. The third-order valence-electron chi connectivity index (χ3n) is 10.5. The number of esters is 1. The molecule has 0 radical (unpaired) electrons. The largest absolute Gasteiger partial charge is 0.460 e. The molecule has 360 valence electrons. The van der Waals surface area contributed by atoms with E-state index >= 15 is 0 Å². The first-order valence-electron chi connectivity index (χ1n) is 21.3. The average molecular weight is 917 g/mol. The van der Waals surface area contributed by atoms with E-state index in [4.69, 9.17) is 16.2 Å². The number of para-hydroxylation sites is 1. The number of cyclic esters (lactones) is 1. The Morgan fingerprint density at radius 2 is 1.28 bits per heavy atom. The molecule has 13 N–H and O–H groups in total. The second-order valence-electron chi connectivity index (χ2n) is 16.3. The molecule has 9 atom stereocenters. The van der Waals surface area contributed by atoms with Gasteiger partial charge in [0.25, 0.3) is 0 Å². The third-order valence-corrected chi connectivity index (χ3v) is 10.5. The van der Waals surface area contributed by atoms with E-state index in [1.165, 1.54) is 52.8 Å². The number of amides is 8. The molecule has 23 nitrogen and oxygen atoms in total. The number of nitrogens with two attached hydrogens (primary N) is 2. The number of anilines is 1. The van der Waals surface area contributed by atoms with Crippen LogP contribution in [0.5, 0.6) is 0 Å². The minimum Gasteiger partial charge on any atom is -0.460 e. The van der Waals surface area contributed by atoms with Gasteiger partial charge in [-0.25, -0.2) is 4.79 Å². The molecule has 1 aliphatic heterocycles. The van der Waals surface area contributed by atoms with E-state index in [1.54, 1.807) is 19.9 Å². The molecule has 9 unspecified atom stereocenters. The summed E-state index contributed by atoms with van der Waals surface area (Å²) in [6, 6.07) is -2.31. The Morgan fingerprint density at radius 1 is 0.708 bits per heavy atom. The molecule has 1 heterocycles. The van der Waals surface area contributed by atoms with Gasteiger partial charge in [-0.1, -0.05) is 39.8 Å². The Labute approximate surface area is 376 Å². The summed E-state index contributed by atoms with van der Waals surface area (Å²) in [7, 11) is 0. The number of nitrogens with one attached hydrogen (secondary N) is 8. The van der Waals surface area contributed by atoms with Gasteiger partial charge in [-0.15, -0.1) is 0 Å². The SMILES string of the molecule is CC1CC(=O)C(CCCN)NC(=O)CNC(=O)C(C)C(C)OC(=O)C(CC(=O)c2ccccc2N)NC(=O)C(C(C)C)NC(=O)C(CO)NC(=O)CNC(=O)C(C)NC(=O)C(C)NC1=O. The van der Waals surface area contributed by atoms with Gasteiger partial charge in [0.15, 0.2) is 11.6 Å². The summed E-state index contributed by atoms with van der Waals surface area (Å²) in [6.45, 7) is 7.80. The summed E-state index contributed by atoms with van der Waals surface area (Å²) in [6.07, 6.45) is -1.82. The Kier molecular flexibility index (Phi) is 22.1. The van der Waals surface area contributed by atoms with Crippen LogP contribution in [0.2, 0.25) is 0 Å². The van der Waals surface area contributed by atoms with E-state index in [2.05, 4.69) is 42.5 Å². The molecule has 0 spiro atoms. The van der Waals surface area contributed by atoms with Gasteiger partial charge in [0.2, 0.25) is 47.3 Å². The number of carbonyl (C=O) groups excluding carboxylic acids is 11. The zero-order valence-electron chi connectivity index (χ0n) is 37.7. The summed E-state index contributed by atoms with van der Waals surface area (Å²) in [5.74, 6) is -11.9. The average Bonchev–Trinajstić information content (AvgIpc) is 3.25. The number of hydrogen-bond acceptors (Lipinski definition) is 15. The first-order chi connectivity index (χ1) is 30.5. The summed E-state index contributed by atoms with van der Waals surface area (Å²) >= 11 is 0. The summed E-state index contributed by atoms with van der Waals surface area (Å²) in [5.41, 5.74) is 11.8. The van der Waals surface area contributed by atoms with Crippen LogP contribution >= 0.6 is 0 Å². The van der Waals surface area contributed by atoms with Crippen molar-refractivity contribution in [1.29, 1.82) is 0 Å². The van der Waals surface area contributed by atoms with E-state index in [1.807, 2.05) is 0 Å². The van der Waals surface area contributed by atoms with Crippen LogP contribution in [0.15, 0.2) is 24.3 Å². The van der Waals surface area contributed by atoms with E-state index in [0.29, 0.717) is 6.42 Å².